The molecular formula is C23H27N3O2. The van der Waals surface area contributed by atoms with E-state index >= 15 is 0 Å². The van der Waals surface area contributed by atoms with E-state index in [0.717, 1.165) is 24.2 Å². The number of carbonyl (C=O) groups is 2. The first-order chi connectivity index (χ1) is 13.5. The number of benzene rings is 2. The Morgan fingerprint density at radius 3 is 2.43 bits per heavy atom. The highest BCUT2D eigenvalue weighted by molar-refractivity contribution is 5.92. The van der Waals surface area contributed by atoms with Gasteiger partial charge in [-0.25, -0.2) is 0 Å². The predicted molar refractivity (Wildman–Crippen MR) is 110 cm³/mol. The molecule has 2 heterocycles. The van der Waals surface area contributed by atoms with Gasteiger partial charge in [0.05, 0.1) is 6.42 Å². The average molecular weight is 377 g/mol. The molecule has 1 unspecified atom stereocenters. The molecule has 1 saturated heterocycles. The standard InChI is InChI=1S/C23H27N3O2/c1-16-7-6-10-20(17(16)2)25-11-13-26(14-12-25)23(28)22-19-9-5-4-8-18(19)15-21(27)24(22)3/h4-10,22H,11-15H2,1-3H3. The summed E-state index contributed by atoms with van der Waals surface area (Å²) in [6.45, 7) is 7.25. The van der Waals surface area contributed by atoms with E-state index < -0.39 is 6.04 Å². The van der Waals surface area contributed by atoms with Crippen LogP contribution in [0.2, 0.25) is 0 Å². The number of piperazine rings is 1. The summed E-state index contributed by atoms with van der Waals surface area (Å²) < 4.78 is 0. The molecule has 1 atom stereocenters. The Bertz CT molecular complexity index is 916. The van der Waals surface area contributed by atoms with E-state index in [1.165, 1.54) is 16.8 Å². The van der Waals surface area contributed by atoms with Gasteiger partial charge in [0.2, 0.25) is 11.8 Å². The molecule has 0 aliphatic carbocycles. The van der Waals surface area contributed by atoms with Gasteiger partial charge < -0.3 is 14.7 Å². The van der Waals surface area contributed by atoms with Crippen molar-refractivity contribution in [2.75, 3.05) is 38.1 Å². The van der Waals surface area contributed by atoms with Crippen LogP contribution in [0.3, 0.4) is 0 Å². The minimum atomic E-state index is -0.510. The van der Waals surface area contributed by atoms with Crippen LogP contribution >= 0.6 is 0 Å². The van der Waals surface area contributed by atoms with Crippen LogP contribution in [-0.2, 0) is 16.0 Å². The van der Waals surface area contributed by atoms with Crippen LogP contribution < -0.4 is 4.90 Å². The molecule has 5 nitrogen and oxygen atoms in total. The maximum Gasteiger partial charge on any atom is 0.250 e. The van der Waals surface area contributed by atoms with Gasteiger partial charge in [-0.05, 0) is 42.2 Å². The summed E-state index contributed by atoms with van der Waals surface area (Å²) in [6.07, 6.45) is 0.372. The van der Waals surface area contributed by atoms with Crippen molar-refractivity contribution in [3.63, 3.8) is 0 Å². The van der Waals surface area contributed by atoms with Gasteiger partial charge >= 0.3 is 0 Å². The fraction of sp³-hybridized carbons (Fsp3) is 0.391. The smallest absolute Gasteiger partial charge is 0.250 e. The molecule has 28 heavy (non-hydrogen) atoms. The van der Waals surface area contributed by atoms with Crippen molar-refractivity contribution in [3.8, 4) is 0 Å². The number of rotatable bonds is 2. The van der Waals surface area contributed by atoms with Crippen LogP contribution in [0.1, 0.15) is 28.3 Å². The topological polar surface area (TPSA) is 43.9 Å². The molecule has 0 N–H and O–H groups in total. The predicted octanol–water partition coefficient (Wildman–Crippen LogP) is 2.71. The molecule has 2 aliphatic rings. The van der Waals surface area contributed by atoms with Crippen molar-refractivity contribution in [2.45, 2.75) is 26.3 Å². The molecular weight excluding hydrogens is 350 g/mol. The number of hydrogen-bond donors (Lipinski definition) is 0. The van der Waals surface area contributed by atoms with Gasteiger partial charge in [-0.3, -0.25) is 9.59 Å². The first kappa shape index (κ1) is 18.5. The van der Waals surface area contributed by atoms with Crippen LogP contribution in [0, 0.1) is 13.8 Å². The SMILES string of the molecule is Cc1cccc(N2CCN(C(=O)C3c4ccccc4CC(=O)N3C)CC2)c1C. The molecule has 2 amide bonds. The van der Waals surface area contributed by atoms with Crippen LogP contribution in [0.15, 0.2) is 42.5 Å². The minimum Gasteiger partial charge on any atom is -0.368 e. The highest BCUT2D eigenvalue weighted by Crippen LogP contribution is 2.31. The zero-order valence-corrected chi connectivity index (χ0v) is 16.8. The largest absolute Gasteiger partial charge is 0.368 e. The Morgan fingerprint density at radius 2 is 1.68 bits per heavy atom. The summed E-state index contributed by atoms with van der Waals surface area (Å²) in [4.78, 5) is 31.6. The Labute approximate surface area is 166 Å². The Balaban J connectivity index is 1.51. The van der Waals surface area contributed by atoms with Gasteiger partial charge in [-0.15, -0.1) is 0 Å². The van der Waals surface area contributed by atoms with Crippen molar-refractivity contribution in [2.24, 2.45) is 0 Å². The van der Waals surface area contributed by atoms with Gasteiger partial charge in [0.25, 0.3) is 0 Å². The van der Waals surface area contributed by atoms with Crippen LogP contribution in [0.25, 0.3) is 0 Å². The number of hydrogen-bond acceptors (Lipinski definition) is 3. The zero-order chi connectivity index (χ0) is 19.8. The number of aryl methyl sites for hydroxylation is 1. The number of amides is 2. The zero-order valence-electron chi connectivity index (χ0n) is 16.8. The number of carbonyl (C=O) groups excluding carboxylic acids is 2. The lowest BCUT2D eigenvalue weighted by Crippen LogP contribution is -2.53. The molecule has 2 aromatic carbocycles. The highest BCUT2D eigenvalue weighted by atomic mass is 16.2. The molecule has 146 valence electrons. The third-order valence-corrected chi connectivity index (χ3v) is 6.21. The second-order valence-corrected chi connectivity index (χ2v) is 7.81. The summed E-state index contributed by atoms with van der Waals surface area (Å²) in [7, 11) is 1.74. The van der Waals surface area contributed by atoms with Crippen LogP contribution in [0.4, 0.5) is 5.69 Å². The molecule has 5 heteroatoms. The third kappa shape index (κ3) is 3.15. The van der Waals surface area contributed by atoms with Gasteiger partial charge in [0.15, 0.2) is 0 Å². The van der Waals surface area contributed by atoms with E-state index in [4.69, 9.17) is 0 Å². The first-order valence-electron chi connectivity index (χ1n) is 9.91. The Kier molecular flexibility index (Phi) is 4.84. The van der Waals surface area contributed by atoms with Gasteiger partial charge in [-0.2, -0.15) is 0 Å². The average Bonchev–Trinajstić information content (AvgIpc) is 2.71. The van der Waals surface area contributed by atoms with Gasteiger partial charge in [0.1, 0.15) is 6.04 Å². The molecule has 0 aromatic heterocycles. The second kappa shape index (κ2) is 7.30. The van der Waals surface area contributed by atoms with E-state index in [-0.39, 0.29) is 11.8 Å². The summed E-state index contributed by atoms with van der Waals surface area (Å²) >= 11 is 0. The quantitative estimate of drug-likeness (QED) is 0.808. The lowest BCUT2D eigenvalue weighted by molar-refractivity contribution is -0.145. The van der Waals surface area contributed by atoms with Crippen molar-refractivity contribution in [3.05, 3.63) is 64.7 Å². The number of anilines is 1. The molecule has 2 aromatic rings. The highest BCUT2D eigenvalue weighted by Gasteiger charge is 2.37. The minimum absolute atomic E-state index is 0.00562. The third-order valence-electron chi connectivity index (χ3n) is 6.21. The van der Waals surface area contributed by atoms with Gasteiger partial charge in [-0.1, -0.05) is 36.4 Å². The number of likely N-dealkylation sites (N-methyl/N-ethyl adjacent to an activating group) is 1. The van der Waals surface area contributed by atoms with Crippen molar-refractivity contribution >= 4 is 17.5 Å². The van der Waals surface area contributed by atoms with E-state index in [9.17, 15) is 9.59 Å². The van der Waals surface area contributed by atoms with E-state index in [1.54, 1.807) is 11.9 Å². The van der Waals surface area contributed by atoms with E-state index in [1.807, 2.05) is 29.2 Å². The molecule has 1 fully saturated rings. The van der Waals surface area contributed by atoms with Gasteiger partial charge in [0, 0.05) is 38.9 Å². The molecule has 2 aliphatic heterocycles. The molecule has 4 rings (SSSR count). The van der Waals surface area contributed by atoms with E-state index in [0.29, 0.717) is 19.5 Å². The van der Waals surface area contributed by atoms with Crippen molar-refractivity contribution < 1.29 is 9.59 Å². The normalized spacial score (nSPS) is 19.6. The molecule has 0 radical (unpaired) electrons. The number of fused-ring (bicyclic) bond motifs is 1. The van der Waals surface area contributed by atoms with Crippen LogP contribution in [0.5, 0.6) is 0 Å². The Hall–Kier alpha value is -2.82. The monoisotopic (exact) mass is 377 g/mol. The fourth-order valence-corrected chi connectivity index (χ4v) is 4.32. The molecule has 0 saturated carbocycles. The van der Waals surface area contributed by atoms with Crippen LogP contribution in [-0.4, -0.2) is 54.8 Å². The van der Waals surface area contributed by atoms with Crippen molar-refractivity contribution in [1.82, 2.24) is 9.80 Å². The summed E-state index contributed by atoms with van der Waals surface area (Å²) in [5, 5.41) is 0. The maximum atomic E-state index is 13.3. The summed E-state index contributed by atoms with van der Waals surface area (Å²) in [5.74, 6) is 0.0367. The summed E-state index contributed by atoms with van der Waals surface area (Å²) in [6, 6.07) is 13.7. The summed E-state index contributed by atoms with van der Waals surface area (Å²) in [5.41, 5.74) is 5.77. The van der Waals surface area contributed by atoms with E-state index in [2.05, 4.69) is 36.9 Å². The first-order valence-corrected chi connectivity index (χ1v) is 9.91. The fourth-order valence-electron chi connectivity index (χ4n) is 4.32. The number of nitrogens with zero attached hydrogens (tertiary/aromatic N) is 3. The Morgan fingerprint density at radius 1 is 0.964 bits per heavy atom. The second-order valence-electron chi connectivity index (χ2n) is 7.81. The molecule has 0 bridgehead atoms. The maximum absolute atomic E-state index is 13.3. The lowest BCUT2D eigenvalue weighted by Gasteiger charge is -2.41. The lowest BCUT2D eigenvalue weighted by atomic mass is 9.91. The molecule has 0 spiro atoms. The van der Waals surface area contributed by atoms with Crippen molar-refractivity contribution in [1.29, 1.82) is 0 Å².